The summed E-state index contributed by atoms with van der Waals surface area (Å²) in [6.45, 7) is 7.66. The molecule has 1 heterocycles. The molecule has 6 heteroatoms. The van der Waals surface area contributed by atoms with E-state index in [9.17, 15) is 9.18 Å². The van der Waals surface area contributed by atoms with Crippen LogP contribution in [0.3, 0.4) is 0 Å². The summed E-state index contributed by atoms with van der Waals surface area (Å²) in [5.41, 5.74) is 1.02. The number of carbonyl (C=O) groups excluding carboxylic acids is 1. The molecule has 0 saturated carbocycles. The summed E-state index contributed by atoms with van der Waals surface area (Å²) in [7, 11) is 1.63. The molecule has 2 rings (SSSR count). The van der Waals surface area contributed by atoms with Crippen molar-refractivity contribution in [1.29, 1.82) is 0 Å². The van der Waals surface area contributed by atoms with E-state index in [0.29, 0.717) is 6.61 Å². The maximum atomic E-state index is 13.0. The number of carbonyl (C=O) groups is 1. The van der Waals surface area contributed by atoms with Crippen molar-refractivity contribution in [3.8, 4) is 0 Å². The third-order valence-electron chi connectivity index (χ3n) is 4.24. The molecule has 1 aliphatic rings. The number of halogens is 1. The van der Waals surface area contributed by atoms with Crippen LogP contribution in [0.4, 0.5) is 10.1 Å². The fourth-order valence-electron chi connectivity index (χ4n) is 2.84. The Bertz CT molecular complexity index is 501. The number of methoxy groups -OCH3 is 1. The summed E-state index contributed by atoms with van der Waals surface area (Å²) in [4.78, 5) is 16.6. The molecule has 1 saturated heterocycles. The zero-order valence-corrected chi connectivity index (χ0v) is 14.1. The zero-order chi connectivity index (χ0) is 16.8. The number of hydrogen-bond acceptors (Lipinski definition) is 4. The summed E-state index contributed by atoms with van der Waals surface area (Å²) in [5.74, 6) is -0.187. The SMILES string of the molecule is COC[C@H](C)NC(=O)[C@H](C)N1CCN(c2ccc(F)cc2)CC1. The molecule has 23 heavy (non-hydrogen) atoms. The van der Waals surface area contributed by atoms with Crippen LogP contribution in [0.5, 0.6) is 0 Å². The monoisotopic (exact) mass is 323 g/mol. The number of nitrogens with zero attached hydrogens (tertiary/aromatic N) is 2. The van der Waals surface area contributed by atoms with Crippen LogP contribution in [0.2, 0.25) is 0 Å². The Labute approximate surface area is 137 Å². The van der Waals surface area contributed by atoms with Crippen LogP contribution in [-0.4, -0.2) is 62.8 Å². The second kappa shape index (κ2) is 8.26. The lowest BCUT2D eigenvalue weighted by Crippen LogP contribution is -2.55. The normalized spacial score (nSPS) is 18.5. The number of hydrogen-bond donors (Lipinski definition) is 1. The van der Waals surface area contributed by atoms with Crippen molar-refractivity contribution in [3.63, 3.8) is 0 Å². The van der Waals surface area contributed by atoms with Gasteiger partial charge in [-0.15, -0.1) is 0 Å². The maximum Gasteiger partial charge on any atom is 0.237 e. The van der Waals surface area contributed by atoms with Crippen molar-refractivity contribution < 1.29 is 13.9 Å². The molecule has 2 atom stereocenters. The Morgan fingerprint density at radius 1 is 1.22 bits per heavy atom. The van der Waals surface area contributed by atoms with Crippen molar-refractivity contribution in [2.24, 2.45) is 0 Å². The van der Waals surface area contributed by atoms with Gasteiger partial charge in [0.2, 0.25) is 5.91 Å². The number of ether oxygens (including phenoxy) is 1. The minimum atomic E-state index is -0.220. The molecule has 0 spiro atoms. The highest BCUT2D eigenvalue weighted by atomic mass is 19.1. The predicted octanol–water partition coefficient (Wildman–Crippen LogP) is 1.49. The lowest BCUT2D eigenvalue weighted by atomic mass is 10.2. The van der Waals surface area contributed by atoms with E-state index in [4.69, 9.17) is 4.74 Å². The molecule has 1 amide bonds. The van der Waals surface area contributed by atoms with Crippen LogP contribution < -0.4 is 10.2 Å². The van der Waals surface area contributed by atoms with Gasteiger partial charge in [-0.1, -0.05) is 0 Å². The molecule has 128 valence electrons. The molecule has 0 unspecified atom stereocenters. The van der Waals surface area contributed by atoms with Gasteiger partial charge < -0.3 is 15.0 Å². The Morgan fingerprint density at radius 3 is 2.39 bits per heavy atom. The molecule has 1 aliphatic heterocycles. The van der Waals surface area contributed by atoms with E-state index in [0.717, 1.165) is 31.9 Å². The van der Waals surface area contributed by atoms with Gasteiger partial charge in [0, 0.05) is 45.0 Å². The summed E-state index contributed by atoms with van der Waals surface area (Å²) in [5, 5.41) is 2.97. The molecule has 5 nitrogen and oxygen atoms in total. The molecule has 1 aromatic rings. The zero-order valence-electron chi connectivity index (χ0n) is 14.1. The molecular weight excluding hydrogens is 297 g/mol. The average molecular weight is 323 g/mol. The minimum Gasteiger partial charge on any atom is -0.383 e. The number of anilines is 1. The van der Waals surface area contributed by atoms with E-state index in [1.807, 2.05) is 13.8 Å². The first kappa shape index (κ1) is 17.7. The topological polar surface area (TPSA) is 44.8 Å². The van der Waals surface area contributed by atoms with Gasteiger partial charge in [-0.25, -0.2) is 4.39 Å². The number of rotatable bonds is 6. The van der Waals surface area contributed by atoms with Crippen LogP contribution in [0.25, 0.3) is 0 Å². The van der Waals surface area contributed by atoms with Crippen LogP contribution in [0.15, 0.2) is 24.3 Å². The van der Waals surface area contributed by atoms with Crippen LogP contribution in [0, 0.1) is 5.82 Å². The first-order chi connectivity index (χ1) is 11.0. The van der Waals surface area contributed by atoms with Crippen molar-refractivity contribution in [3.05, 3.63) is 30.1 Å². The summed E-state index contributed by atoms with van der Waals surface area (Å²) in [6.07, 6.45) is 0. The first-order valence-electron chi connectivity index (χ1n) is 8.05. The molecule has 0 radical (unpaired) electrons. The van der Waals surface area contributed by atoms with Gasteiger partial charge >= 0.3 is 0 Å². The van der Waals surface area contributed by atoms with E-state index in [1.165, 1.54) is 12.1 Å². The minimum absolute atomic E-state index is 0.00968. The second-order valence-corrected chi connectivity index (χ2v) is 6.04. The average Bonchev–Trinajstić information content (AvgIpc) is 2.55. The smallest absolute Gasteiger partial charge is 0.237 e. The fraction of sp³-hybridized carbons (Fsp3) is 0.588. The lowest BCUT2D eigenvalue weighted by Gasteiger charge is -2.38. The van der Waals surface area contributed by atoms with Crippen LogP contribution >= 0.6 is 0 Å². The number of piperazine rings is 1. The van der Waals surface area contributed by atoms with E-state index < -0.39 is 0 Å². The van der Waals surface area contributed by atoms with Gasteiger partial charge in [0.25, 0.3) is 0 Å². The lowest BCUT2D eigenvalue weighted by molar-refractivity contribution is -0.127. The Kier molecular flexibility index (Phi) is 6.36. The Hall–Kier alpha value is -1.66. The highest BCUT2D eigenvalue weighted by Crippen LogP contribution is 2.17. The molecule has 1 aromatic carbocycles. The van der Waals surface area contributed by atoms with Gasteiger partial charge in [-0.05, 0) is 38.1 Å². The largest absolute Gasteiger partial charge is 0.383 e. The molecule has 0 aromatic heterocycles. The summed E-state index contributed by atoms with van der Waals surface area (Å²) < 4.78 is 18.0. The molecule has 1 N–H and O–H groups in total. The first-order valence-corrected chi connectivity index (χ1v) is 8.05. The van der Waals surface area contributed by atoms with Gasteiger partial charge in [-0.2, -0.15) is 0 Å². The van der Waals surface area contributed by atoms with Gasteiger partial charge in [0.05, 0.1) is 12.6 Å². The number of nitrogens with one attached hydrogen (secondary N) is 1. The fourth-order valence-corrected chi connectivity index (χ4v) is 2.84. The number of benzene rings is 1. The summed E-state index contributed by atoms with van der Waals surface area (Å²) >= 11 is 0. The van der Waals surface area contributed by atoms with Gasteiger partial charge in [0.1, 0.15) is 5.82 Å². The number of amides is 1. The van der Waals surface area contributed by atoms with Crippen LogP contribution in [-0.2, 0) is 9.53 Å². The van der Waals surface area contributed by atoms with E-state index >= 15 is 0 Å². The van der Waals surface area contributed by atoms with Crippen molar-refractivity contribution in [2.45, 2.75) is 25.9 Å². The summed E-state index contributed by atoms with van der Waals surface area (Å²) in [6, 6.07) is 6.41. The van der Waals surface area contributed by atoms with E-state index in [2.05, 4.69) is 15.1 Å². The second-order valence-electron chi connectivity index (χ2n) is 6.04. The molecule has 1 fully saturated rings. The third kappa shape index (κ3) is 4.91. The van der Waals surface area contributed by atoms with Gasteiger partial charge in [-0.3, -0.25) is 9.69 Å². The highest BCUT2D eigenvalue weighted by Gasteiger charge is 2.26. The molecule has 0 bridgehead atoms. The van der Waals surface area contributed by atoms with E-state index in [-0.39, 0.29) is 23.8 Å². The molecule has 0 aliphatic carbocycles. The maximum absolute atomic E-state index is 13.0. The molecular formula is C17H26FN3O2. The standard InChI is InChI=1S/C17H26FN3O2/c1-13(12-23-3)19-17(22)14(2)20-8-10-21(11-9-20)16-6-4-15(18)5-7-16/h4-7,13-14H,8-12H2,1-3H3,(H,19,22)/t13-,14-/m0/s1. The van der Waals surface area contributed by atoms with Crippen molar-refractivity contribution in [2.75, 3.05) is 44.8 Å². The highest BCUT2D eigenvalue weighted by molar-refractivity contribution is 5.81. The quantitative estimate of drug-likeness (QED) is 0.861. The van der Waals surface area contributed by atoms with Crippen molar-refractivity contribution in [1.82, 2.24) is 10.2 Å². The predicted molar refractivity (Wildman–Crippen MR) is 89.1 cm³/mol. The van der Waals surface area contributed by atoms with Gasteiger partial charge in [0.15, 0.2) is 0 Å². The third-order valence-corrected chi connectivity index (χ3v) is 4.24. The Morgan fingerprint density at radius 2 is 1.83 bits per heavy atom. The van der Waals surface area contributed by atoms with Crippen molar-refractivity contribution >= 4 is 11.6 Å². The van der Waals surface area contributed by atoms with Crippen LogP contribution in [0.1, 0.15) is 13.8 Å². The van der Waals surface area contributed by atoms with E-state index in [1.54, 1.807) is 19.2 Å². The Balaban J connectivity index is 1.83.